The van der Waals surface area contributed by atoms with E-state index in [1.54, 1.807) is 49.5 Å². The molecule has 0 bridgehead atoms. The Hall–Kier alpha value is -2.73. The van der Waals surface area contributed by atoms with E-state index < -0.39 is 5.97 Å². The Labute approximate surface area is 254 Å². The molecule has 3 aromatic rings. The molecule has 0 saturated carbocycles. The molecule has 11 heteroatoms. The van der Waals surface area contributed by atoms with E-state index in [1.807, 2.05) is 25.1 Å². The number of carbonyl (C=O) groups is 2. The quantitative estimate of drug-likeness (QED) is 0.137. The number of thioether (sulfide) groups is 1. The summed E-state index contributed by atoms with van der Waals surface area (Å²) in [4.78, 5) is 31.2. The Bertz CT molecular complexity index is 1480. The van der Waals surface area contributed by atoms with Crippen LogP contribution in [0, 0.1) is 3.57 Å². The van der Waals surface area contributed by atoms with Gasteiger partial charge in [0.1, 0.15) is 6.61 Å². The van der Waals surface area contributed by atoms with Gasteiger partial charge < -0.3 is 14.2 Å². The number of nitrogens with zero attached hydrogens (tertiary/aromatic N) is 2. The molecule has 0 spiro atoms. The lowest BCUT2D eigenvalue weighted by atomic mass is 10.1. The molecule has 1 heterocycles. The molecule has 7 nitrogen and oxygen atoms in total. The zero-order valence-corrected chi connectivity index (χ0v) is 25.7. The fourth-order valence-electron chi connectivity index (χ4n) is 3.56. The molecule has 1 fully saturated rings. The van der Waals surface area contributed by atoms with Gasteiger partial charge in [0, 0.05) is 7.05 Å². The third-order valence-electron chi connectivity index (χ3n) is 5.51. The SMILES string of the molecule is CCOc1cc(/C=C2\SC(=Nc3ccc(C(=O)OC)cc3)N(C)C2=O)cc(I)c1OCc1ccc(Cl)c(Cl)c1. The van der Waals surface area contributed by atoms with E-state index in [9.17, 15) is 9.59 Å². The van der Waals surface area contributed by atoms with Crippen LogP contribution >= 0.6 is 57.6 Å². The molecule has 0 aromatic heterocycles. The molecule has 0 atom stereocenters. The van der Waals surface area contributed by atoms with Crippen molar-refractivity contribution in [3.05, 3.63) is 89.8 Å². The van der Waals surface area contributed by atoms with E-state index in [1.165, 1.54) is 23.8 Å². The summed E-state index contributed by atoms with van der Waals surface area (Å²) in [7, 11) is 3.00. The average Bonchev–Trinajstić information content (AvgIpc) is 3.17. The first-order chi connectivity index (χ1) is 18.7. The summed E-state index contributed by atoms with van der Waals surface area (Å²) in [6.45, 7) is 2.63. The average molecular weight is 697 g/mol. The fraction of sp³-hybridized carbons (Fsp3) is 0.179. The van der Waals surface area contributed by atoms with E-state index in [2.05, 4.69) is 27.6 Å². The minimum atomic E-state index is -0.422. The molecule has 4 rings (SSSR count). The Morgan fingerprint density at radius 3 is 2.49 bits per heavy atom. The molecule has 3 aromatic carbocycles. The summed E-state index contributed by atoms with van der Waals surface area (Å²) in [5.74, 6) is 0.581. The minimum Gasteiger partial charge on any atom is -0.490 e. The van der Waals surface area contributed by atoms with Gasteiger partial charge >= 0.3 is 5.97 Å². The van der Waals surface area contributed by atoms with E-state index in [4.69, 9.17) is 37.4 Å². The maximum atomic E-state index is 13.0. The number of esters is 1. The predicted octanol–water partition coefficient (Wildman–Crippen LogP) is 7.60. The Morgan fingerprint density at radius 2 is 1.82 bits per heavy atom. The normalized spacial score (nSPS) is 15.2. The summed E-state index contributed by atoms with van der Waals surface area (Å²) in [6, 6.07) is 15.8. The van der Waals surface area contributed by atoms with Crippen LogP contribution in [0.25, 0.3) is 6.08 Å². The predicted molar refractivity (Wildman–Crippen MR) is 164 cm³/mol. The maximum Gasteiger partial charge on any atom is 0.337 e. The van der Waals surface area contributed by atoms with Crippen LogP contribution in [0.15, 0.2) is 64.5 Å². The fourth-order valence-corrected chi connectivity index (χ4v) is 5.65. The molecule has 0 radical (unpaired) electrons. The van der Waals surface area contributed by atoms with Crippen LogP contribution in [0.5, 0.6) is 11.5 Å². The number of aliphatic imine (C=N–C) groups is 1. The second-order valence-electron chi connectivity index (χ2n) is 8.21. The number of carbonyl (C=O) groups excluding carboxylic acids is 2. The van der Waals surface area contributed by atoms with Gasteiger partial charge in [0.25, 0.3) is 5.91 Å². The number of benzene rings is 3. The number of amides is 1. The van der Waals surface area contributed by atoms with Gasteiger partial charge in [-0.15, -0.1) is 0 Å². The number of amidine groups is 1. The number of rotatable bonds is 8. The van der Waals surface area contributed by atoms with Crippen LogP contribution in [0.4, 0.5) is 5.69 Å². The van der Waals surface area contributed by atoms with Crippen molar-refractivity contribution >= 4 is 86.4 Å². The molecule has 1 aliphatic heterocycles. The highest BCUT2D eigenvalue weighted by molar-refractivity contribution is 14.1. The van der Waals surface area contributed by atoms with Crippen LogP contribution in [0.1, 0.15) is 28.4 Å². The van der Waals surface area contributed by atoms with E-state index in [0.29, 0.717) is 49.5 Å². The number of halogens is 3. The van der Waals surface area contributed by atoms with Gasteiger partial charge in [-0.1, -0.05) is 29.3 Å². The highest BCUT2D eigenvalue weighted by atomic mass is 127. The molecular formula is C28H23Cl2IN2O5S. The molecule has 0 aliphatic carbocycles. The third-order valence-corrected chi connectivity index (χ3v) is 8.11. The van der Waals surface area contributed by atoms with E-state index >= 15 is 0 Å². The van der Waals surface area contributed by atoms with Crippen LogP contribution in [-0.4, -0.2) is 42.7 Å². The first kappa shape index (κ1) is 29.3. The first-order valence-electron chi connectivity index (χ1n) is 11.7. The molecule has 1 aliphatic rings. The van der Waals surface area contributed by atoms with Gasteiger partial charge in [0.15, 0.2) is 16.7 Å². The molecular weight excluding hydrogens is 674 g/mol. The van der Waals surface area contributed by atoms with E-state index in [-0.39, 0.29) is 12.5 Å². The van der Waals surface area contributed by atoms with Crippen molar-refractivity contribution in [1.82, 2.24) is 4.90 Å². The van der Waals surface area contributed by atoms with Crippen LogP contribution in [0.3, 0.4) is 0 Å². The van der Waals surface area contributed by atoms with Crippen molar-refractivity contribution < 1.29 is 23.8 Å². The number of likely N-dealkylation sites (N-methyl/N-ethyl adjacent to an activating group) is 1. The molecule has 0 N–H and O–H groups in total. The Balaban J connectivity index is 1.56. The largest absolute Gasteiger partial charge is 0.490 e. The number of hydrogen-bond acceptors (Lipinski definition) is 7. The van der Waals surface area contributed by atoms with Crippen molar-refractivity contribution in [2.24, 2.45) is 4.99 Å². The smallest absolute Gasteiger partial charge is 0.337 e. The van der Waals surface area contributed by atoms with Crippen molar-refractivity contribution in [2.75, 3.05) is 20.8 Å². The number of ether oxygens (including phenoxy) is 3. The van der Waals surface area contributed by atoms with Gasteiger partial charge in [-0.2, -0.15) is 0 Å². The topological polar surface area (TPSA) is 77.4 Å². The van der Waals surface area contributed by atoms with Gasteiger partial charge in [-0.25, -0.2) is 9.79 Å². The third kappa shape index (κ3) is 7.08. The zero-order valence-electron chi connectivity index (χ0n) is 21.2. The standard InChI is InChI=1S/C28H23Cl2IN2O5S/c1-4-37-23-13-17(12-22(31)25(23)38-15-16-5-10-20(29)21(30)11-16)14-24-26(34)33(2)28(39-24)32-19-8-6-18(7-9-19)27(35)36-3/h5-14H,4,15H2,1-3H3/b24-14-,32-28?. The second-order valence-corrected chi connectivity index (χ2v) is 11.2. The van der Waals surface area contributed by atoms with Crippen LogP contribution in [-0.2, 0) is 16.1 Å². The molecule has 0 unspecified atom stereocenters. The second kappa shape index (κ2) is 13.1. The van der Waals surface area contributed by atoms with E-state index in [0.717, 1.165) is 14.7 Å². The summed E-state index contributed by atoms with van der Waals surface area (Å²) in [5.41, 5.74) is 2.70. The monoisotopic (exact) mass is 696 g/mol. The highest BCUT2D eigenvalue weighted by Gasteiger charge is 2.30. The molecule has 202 valence electrons. The zero-order chi connectivity index (χ0) is 28.1. The Kier molecular flexibility index (Phi) is 9.81. The minimum absolute atomic E-state index is 0.169. The summed E-state index contributed by atoms with van der Waals surface area (Å²) < 4.78 is 17.5. The molecule has 1 saturated heterocycles. The summed E-state index contributed by atoms with van der Waals surface area (Å²) in [6.07, 6.45) is 1.81. The van der Waals surface area contributed by atoms with Gasteiger partial charge in [0.2, 0.25) is 0 Å². The van der Waals surface area contributed by atoms with Crippen molar-refractivity contribution in [3.63, 3.8) is 0 Å². The lowest BCUT2D eigenvalue weighted by Crippen LogP contribution is -2.23. The van der Waals surface area contributed by atoms with Crippen LogP contribution < -0.4 is 9.47 Å². The highest BCUT2D eigenvalue weighted by Crippen LogP contribution is 2.38. The van der Waals surface area contributed by atoms with Crippen molar-refractivity contribution in [1.29, 1.82) is 0 Å². The summed E-state index contributed by atoms with van der Waals surface area (Å²) >= 11 is 15.6. The van der Waals surface area contributed by atoms with Gasteiger partial charge in [0.05, 0.1) is 43.5 Å². The number of hydrogen-bond donors (Lipinski definition) is 0. The molecule has 39 heavy (non-hydrogen) atoms. The Morgan fingerprint density at radius 1 is 1.08 bits per heavy atom. The maximum absolute atomic E-state index is 13.0. The van der Waals surface area contributed by atoms with Crippen molar-refractivity contribution in [2.45, 2.75) is 13.5 Å². The van der Waals surface area contributed by atoms with Gasteiger partial charge in [-0.05, 0) is 107 Å². The van der Waals surface area contributed by atoms with Crippen molar-refractivity contribution in [3.8, 4) is 11.5 Å². The van der Waals surface area contributed by atoms with Crippen LogP contribution in [0.2, 0.25) is 10.0 Å². The lowest BCUT2D eigenvalue weighted by molar-refractivity contribution is -0.121. The number of methoxy groups -OCH3 is 1. The molecule has 1 amide bonds. The lowest BCUT2D eigenvalue weighted by Gasteiger charge is -2.15. The van der Waals surface area contributed by atoms with Gasteiger partial charge in [-0.3, -0.25) is 9.69 Å². The summed E-state index contributed by atoms with van der Waals surface area (Å²) in [5, 5.41) is 1.47. The first-order valence-corrected chi connectivity index (χ1v) is 14.3.